The molecule has 0 saturated heterocycles. The summed E-state index contributed by atoms with van der Waals surface area (Å²) in [6.45, 7) is 0. The van der Waals surface area contributed by atoms with Crippen LogP contribution in [0.15, 0.2) is 6.20 Å². The van der Waals surface area contributed by atoms with Gasteiger partial charge in [0.2, 0.25) is 0 Å². The van der Waals surface area contributed by atoms with Crippen LogP contribution in [-0.2, 0) is 19.9 Å². The van der Waals surface area contributed by atoms with Crippen LogP contribution in [0.2, 0.25) is 0 Å². The minimum absolute atomic E-state index is 0.0279. The summed E-state index contributed by atoms with van der Waals surface area (Å²) in [6, 6.07) is 0. The summed E-state index contributed by atoms with van der Waals surface area (Å²) in [4.78, 5) is 29.3. The van der Waals surface area contributed by atoms with Crippen molar-refractivity contribution in [1.82, 2.24) is 14.8 Å². The lowest BCUT2D eigenvalue weighted by atomic mass is 10.0. The topological polar surface area (TPSA) is 97.1 Å². The number of carbonyl (C=O) groups excluding carboxylic acids is 1. The molecule has 2 aromatic rings. The highest BCUT2D eigenvalue weighted by molar-refractivity contribution is 7.15. The lowest BCUT2D eigenvalue weighted by Crippen LogP contribution is -2.19. The Morgan fingerprint density at radius 2 is 2.00 bits per heavy atom. The molecule has 0 atom stereocenters. The van der Waals surface area contributed by atoms with Crippen LogP contribution in [0.4, 0.5) is 5.13 Å². The van der Waals surface area contributed by atoms with Gasteiger partial charge in [0, 0.05) is 11.9 Å². The first-order valence-corrected chi connectivity index (χ1v) is 8.43. The van der Waals surface area contributed by atoms with Crippen molar-refractivity contribution in [3.05, 3.63) is 28.0 Å². The number of carboxylic acid groups (broad SMARTS) is 1. The van der Waals surface area contributed by atoms with Gasteiger partial charge in [0.05, 0.1) is 11.9 Å². The molecule has 0 aliphatic heterocycles. The second kappa shape index (κ2) is 6.49. The Morgan fingerprint density at radius 1 is 1.26 bits per heavy atom. The van der Waals surface area contributed by atoms with Crippen LogP contribution in [0, 0.1) is 0 Å². The molecule has 0 spiro atoms. The van der Waals surface area contributed by atoms with E-state index in [9.17, 15) is 9.59 Å². The third-order valence-corrected chi connectivity index (χ3v) is 5.02. The van der Waals surface area contributed by atoms with Crippen molar-refractivity contribution in [1.29, 1.82) is 0 Å². The summed E-state index contributed by atoms with van der Waals surface area (Å²) in [5.41, 5.74) is 0.980. The molecule has 7 nitrogen and oxygen atoms in total. The lowest BCUT2D eigenvalue weighted by molar-refractivity contribution is 0.0692. The van der Waals surface area contributed by atoms with E-state index in [1.807, 2.05) is 0 Å². The Labute approximate surface area is 137 Å². The van der Waals surface area contributed by atoms with E-state index in [0.29, 0.717) is 5.13 Å². The maximum absolute atomic E-state index is 12.4. The van der Waals surface area contributed by atoms with E-state index >= 15 is 0 Å². The van der Waals surface area contributed by atoms with Crippen molar-refractivity contribution in [2.45, 2.75) is 38.5 Å². The minimum Gasteiger partial charge on any atom is -0.478 e. The molecule has 2 heterocycles. The summed E-state index contributed by atoms with van der Waals surface area (Å²) >= 11 is 1.48. The van der Waals surface area contributed by atoms with E-state index in [1.54, 1.807) is 7.05 Å². The zero-order chi connectivity index (χ0) is 16.4. The van der Waals surface area contributed by atoms with Crippen LogP contribution in [0.5, 0.6) is 0 Å². The lowest BCUT2D eigenvalue weighted by Gasteiger charge is -2.06. The van der Waals surface area contributed by atoms with Crippen LogP contribution in [0.25, 0.3) is 0 Å². The van der Waals surface area contributed by atoms with Gasteiger partial charge in [-0.25, -0.2) is 9.78 Å². The number of aromatic carboxylic acids is 1. The van der Waals surface area contributed by atoms with Crippen molar-refractivity contribution in [3.8, 4) is 0 Å². The SMILES string of the molecule is Cn1ncc(C(=O)O)c1C(=O)Nc1nc2c(s1)CCCCCC2. The smallest absolute Gasteiger partial charge is 0.339 e. The van der Waals surface area contributed by atoms with Crippen molar-refractivity contribution in [2.75, 3.05) is 5.32 Å². The zero-order valence-corrected chi connectivity index (χ0v) is 13.7. The van der Waals surface area contributed by atoms with E-state index in [0.717, 1.165) is 31.4 Å². The van der Waals surface area contributed by atoms with Gasteiger partial charge in [0.1, 0.15) is 11.3 Å². The third-order valence-electron chi connectivity index (χ3n) is 3.95. The number of aryl methyl sites for hydroxylation is 3. The molecule has 1 aliphatic carbocycles. The van der Waals surface area contributed by atoms with E-state index in [1.165, 1.54) is 39.9 Å². The number of nitrogens with zero attached hydrogens (tertiary/aromatic N) is 3. The van der Waals surface area contributed by atoms with Gasteiger partial charge in [-0.1, -0.05) is 12.8 Å². The molecule has 0 radical (unpaired) electrons. The summed E-state index contributed by atoms with van der Waals surface area (Å²) in [5.74, 6) is -1.67. The summed E-state index contributed by atoms with van der Waals surface area (Å²) in [7, 11) is 1.54. The molecule has 3 rings (SSSR count). The van der Waals surface area contributed by atoms with Crippen LogP contribution >= 0.6 is 11.3 Å². The molecular weight excluding hydrogens is 316 g/mol. The van der Waals surface area contributed by atoms with E-state index in [-0.39, 0.29) is 11.3 Å². The molecule has 2 N–H and O–H groups in total. The van der Waals surface area contributed by atoms with Crippen molar-refractivity contribution in [2.24, 2.45) is 7.05 Å². The molecule has 23 heavy (non-hydrogen) atoms. The molecule has 0 bridgehead atoms. The van der Waals surface area contributed by atoms with Crippen LogP contribution in [0.1, 0.15) is 57.1 Å². The molecule has 122 valence electrons. The fourth-order valence-electron chi connectivity index (χ4n) is 2.78. The normalized spacial score (nSPS) is 14.7. The Morgan fingerprint density at radius 3 is 2.74 bits per heavy atom. The Kier molecular flexibility index (Phi) is 4.42. The standard InChI is InChI=1S/C15H18N4O3S/c1-19-12(9(8-16-19)14(21)22)13(20)18-15-17-10-6-4-2-3-5-7-11(10)23-15/h8H,2-7H2,1H3,(H,21,22)(H,17,18,20). The first-order chi connectivity index (χ1) is 11.1. The highest BCUT2D eigenvalue weighted by Crippen LogP contribution is 2.28. The molecule has 8 heteroatoms. The highest BCUT2D eigenvalue weighted by atomic mass is 32.1. The van der Waals surface area contributed by atoms with Crippen LogP contribution < -0.4 is 5.32 Å². The Balaban J connectivity index is 1.82. The molecule has 0 aromatic carbocycles. The average Bonchev–Trinajstić information content (AvgIpc) is 3.03. The van der Waals surface area contributed by atoms with E-state index in [4.69, 9.17) is 5.11 Å². The van der Waals surface area contributed by atoms with Gasteiger partial charge in [-0.2, -0.15) is 5.10 Å². The monoisotopic (exact) mass is 334 g/mol. The number of anilines is 1. The number of hydrogen-bond acceptors (Lipinski definition) is 5. The maximum Gasteiger partial charge on any atom is 0.339 e. The second-order valence-corrected chi connectivity index (χ2v) is 6.68. The number of fused-ring (bicyclic) bond motifs is 1. The van der Waals surface area contributed by atoms with E-state index in [2.05, 4.69) is 15.4 Å². The first kappa shape index (κ1) is 15.7. The number of carboxylic acids is 1. The van der Waals surface area contributed by atoms with Gasteiger partial charge < -0.3 is 5.11 Å². The Bertz CT molecular complexity index is 724. The number of thiazole rings is 1. The molecular formula is C15H18N4O3S. The number of carbonyl (C=O) groups is 2. The fourth-order valence-corrected chi connectivity index (χ4v) is 3.82. The second-order valence-electron chi connectivity index (χ2n) is 5.59. The largest absolute Gasteiger partial charge is 0.478 e. The van der Waals surface area contributed by atoms with Gasteiger partial charge in [-0.3, -0.25) is 14.8 Å². The van der Waals surface area contributed by atoms with Gasteiger partial charge in [0.25, 0.3) is 5.91 Å². The fraction of sp³-hybridized carbons (Fsp3) is 0.467. The molecule has 1 aliphatic rings. The van der Waals surface area contributed by atoms with Crippen molar-refractivity contribution < 1.29 is 14.7 Å². The predicted molar refractivity (Wildman–Crippen MR) is 86.1 cm³/mol. The number of hydrogen-bond donors (Lipinski definition) is 2. The van der Waals surface area contributed by atoms with Gasteiger partial charge in [-0.05, 0) is 25.7 Å². The molecule has 1 amide bonds. The number of nitrogens with one attached hydrogen (secondary N) is 1. The molecule has 2 aromatic heterocycles. The first-order valence-electron chi connectivity index (χ1n) is 7.61. The predicted octanol–water partition coefficient (Wildman–Crippen LogP) is 2.49. The van der Waals surface area contributed by atoms with Crippen molar-refractivity contribution in [3.63, 3.8) is 0 Å². The quantitative estimate of drug-likeness (QED) is 0.899. The summed E-state index contributed by atoms with van der Waals surface area (Å²) in [5, 5.41) is 16.2. The summed E-state index contributed by atoms with van der Waals surface area (Å²) < 4.78 is 1.27. The highest BCUT2D eigenvalue weighted by Gasteiger charge is 2.23. The third kappa shape index (κ3) is 3.26. The number of aromatic nitrogens is 3. The van der Waals surface area contributed by atoms with Crippen molar-refractivity contribution >= 4 is 28.3 Å². The van der Waals surface area contributed by atoms with Crippen LogP contribution in [-0.4, -0.2) is 31.7 Å². The van der Waals surface area contributed by atoms with Gasteiger partial charge in [0.15, 0.2) is 5.13 Å². The molecule has 0 saturated carbocycles. The summed E-state index contributed by atoms with van der Waals surface area (Å²) in [6.07, 6.45) is 7.83. The Hall–Kier alpha value is -2.22. The van der Waals surface area contributed by atoms with Crippen LogP contribution in [0.3, 0.4) is 0 Å². The van der Waals surface area contributed by atoms with E-state index < -0.39 is 11.9 Å². The number of amides is 1. The van der Waals surface area contributed by atoms with Gasteiger partial charge >= 0.3 is 5.97 Å². The molecule has 0 fully saturated rings. The average molecular weight is 334 g/mol. The maximum atomic E-state index is 12.4. The zero-order valence-electron chi connectivity index (χ0n) is 12.8. The minimum atomic E-state index is -1.17. The number of rotatable bonds is 3. The van der Waals surface area contributed by atoms with Gasteiger partial charge in [-0.15, -0.1) is 11.3 Å². The molecule has 0 unspecified atom stereocenters.